The molecule has 4 nitrogen and oxygen atoms in total. The molecule has 0 bridgehead atoms. The fraction of sp³-hybridized carbons (Fsp3) is 0.368. The molecular weight excluding hydrogens is 284 g/mol. The van der Waals surface area contributed by atoms with Crippen molar-refractivity contribution < 1.29 is 0 Å². The van der Waals surface area contributed by atoms with Crippen LogP contribution in [0.15, 0.2) is 42.6 Å². The minimum absolute atomic E-state index is 0.360. The van der Waals surface area contributed by atoms with Crippen molar-refractivity contribution in [3.05, 3.63) is 54.0 Å². The Bertz CT molecular complexity index is 819. The third-order valence-electron chi connectivity index (χ3n) is 4.80. The van der Waals surface area contributed by atoms with Gasteiger partial charge >= 0.3 is 0 Å². The standard InChI is InChI=1S/C19H22N4/c1-14-8-10-15(11-9-14)23-18-16(6-5-12-20-18)21-19(23)17-7-3-4-13-22(17)2/h5-6,8-12,17H,3-4,7,13H2,1-2H3. The first kappa shape index (κ1) is 14.4. The van der Waals surface area contributed by atoms with Gasteiger partial charge in [-0.3, -0.25) is 9.47 Å². The fourth-order valence-electron chi connectivity index (χ4n) is 3.50. The molecule has 1 aliphatic heterocycles. The second kappa shape index (κ2) is 5.78. The van der Waals surface area contributed by atoms with E-state index in [0.29, 0.717) is 6.04 Å². The van der Waals surface area contributed by atoms with E-state index in [1.807, 2.05) is 12.3 Å². The summed E-state index contributed by atoms with van der Waals surface area (Å²) in [5, 5.41) is 0. The zero-order chi connectivity index (χ0) is 15.8. The molecule has 23 heavy (non-hydrogen) atoms. The van der Waals surface area contributed by atoms with Crippen LogP contribution in [0.2, 0.25) is 0 Å². The predicted octanol–water partition coefficient (Wildman–Crippen LogP) is 3.89. The van der Waals surface area contributed by atoms with E-state index in [9.17, 15) is 0 Å². The monoisotopic (exact) mass is 306 g/mol. The molecule has 1 unspecified atom stereocenters. The van der Waals surface area contributed by atoms with Gasteiger partial charge in [0.05, 0.1) is 6.04 Å². The van der Waals surface area contributed by atoms with Crippen LogP contribution in [0.4, 0.5) is 0 Å². The van der Waals surface area contributed by atoms with E-state index in [4.69, 9.17) is 4.98 Å². The summed E-state index contributed by atoms with van der Waals surface area (Å²) in [7, 11) is 2.20. The summed E-state index contributed by atoms with van der Waals surface area (Å²) in [4.78, 5) is 12.0. The summed E-state index contributed by atoms with van der Waals surface area (Å²) in [5.41, 5.74) is 4.33. The highest BCUT2D eigenvalue weighted by Crippen LogP contribution is 2.32. The highest BCUT2D eigenvalue weighted by Gasteiger charge is 2.27. The van der Waals surface area contributed by atoms with E-state index in [1.54, 1.807) is 0 Å². The molecule has 4 heteroatoms. The summed E-state index contributed by atoms with van der Waals surface area (Å²) in [5.74, 6) is 1.12. The Balaban J connectivity index is 1.92. The number of fused-ring (bicyclic) bond motifs is 1. The predicted molar refractivity (Wildman–Crippen MR) is 92.8 cm³/mol. The third-order valence-corrected chi connectivity index (χ3v) is 4.80. The van der Waals surface area contributed by atoms with Crippen LogP contribution >= 0.6 is 0 Å². The Morgan fingerprint density at radius 1 is 1.09 bits per heavy atom. The largest absolute Gasteiger partial charge is 0.297 e. The maximum Gasteiger partial charge on any atom is 0.164 e. The molecule has 1 fully saturated rings. The van der Waals surface area contributed by atoms with Crippen LogP contribution in [-0.4, -0.2) is 33.0 Å². The average molecular weight is 306 g/mol. The molecule has 0 radical (unpaired) electrons. The van der Waals surface area contributed by atoms with Gasteiger partial charge in [0, 0.05) is 11.9 Å². The van der Waals surface area contributed by atoms with Gasteiger partial charge in [-0.15, -0.1) is 0 Å². The van der Waals surface area contributed by atoms with Crippen molar-refractivity contribution in [2.24, 2.45) is 0 Å². The second-order valence-corrected chi connectivity index (χ2v) is 6.48. The SMILES string of the molecule is Cc1ccc(-n2c(C3CCCCN3C)nc3cccnc32)cc1. The van der Waals surface area contributed by atoms with Crippen molar-refractivity contribution in [3.63, 3.8) is 0 Å². The van der Waals surface area contributed by atoms with Crippen LogP contribution in [0.25, 0.3) is 16.9 Å². The first-order chi connectivity index (χ1) is 11.2. The summed E-state index contributed by atoms with van der Waals surface area (Å²) in [6.45, 7) is 3.25. The van der Waals surface area contributed by atoms with E-state index < -0.39 is 0 Å². The van der Waals surface area contributed by atoms with Crippen molar-refractivity contribution >= 4 is 11.2 Å². The van der Waals surface area contributed by atoms with Crippen LogP contribution in [0.1, 0.15) is 36.7 Å². The number of hydrogen-bond acceptors (Lipinski definition) is 3. The number of piperidine rings is 1. The van der Waals surface area contributed by atoms with Crippen LogP contribution < -0.4 is 0 Å². The number of aryl methyl sites for hydroxylation is 1. The maximum absolute atomic E-state index is 4.94. The Morgan fingerprint density at radius 2 is 1.91 bits per heavy atom. The molecule has 3 heterocycles. The molecule has 118 valence electrons. The highest BCUT2D eigenvalue weighted by atomic mass is 15.2. The quantitative estimate of drug-likeness (QED) is 0.720. The minimum atomic E-state index is 0.360. The number of pyridine rings is 1. The van der Waals surface area contributed by atoms with Gasteiger partial charge in [-0.05, 0) is 57.6 Å². The topological polar surface area (TPSA) is 34.0 Å². The van der Waals surface area contributed by atoms with Crippen LogP contribution in [0.5, 0.6) is 0 Å². The van der Waals surface area contributed by atoms with E-state index >= 15 is 0 Å². The summed E-state index contributed by atoms with van der Waals surface area (Å²) >= 11 is 0. The van der Waals surface area contributed by atoms with Gasteiger partial charge in [0.1, 0.15) is 11.3 Å². The zero-order valence-corrected chi connectivity index (χ0v) is 13.7. The lowest BCUT2D eigenvalue weighted by molar-refractivity contribution is 0.178. The lowest BCUT2D eigenvalue weighted by Gasteiger charge is -2.32. The molecule has 1 saturated heterocycles. The van der Waals surface area contributed by atoms with Crippen molar-refractivity contribution in [1.29, 1.82) is 0 Å². The third kappa shape index (κ3) is 2.53. The van der Waals surface area contributed by atoms with Crippen molar-refractivity contribution in [2.75, 3.05) is 13.6 Å². The van der Waals surface area contributed by atoms with E-state index in [-0.39, 0.29) is 0 Å². The lowest BCUT2D eigenvalue weighted by Crippen LogP contribution is -2.31. The smallest absolute Gasteiger partial charge is 0.164 e. The van der Waals surface area contributed by atoms with Gasteiger partial charge in [-0.2, -0.15) is 0 Å². The molecule has 0 saturated carbocycles. The Kier molecular flexibility index (Phi) is 3.62. The van der Waals surface area contributed by atoms with E-state index in [2.05, 4.69) is 58.8 Å². The Morgan fingerprint density at radius 3 is 2.70 bits per heavy atom. The molecule has 0 amide bonds. The van der Waals surface area contributed by atoms with Crippen molar-refractivity contribution in [1.82, 2.24) is 19.4 Å². The highest BCUT2D eigenvalue weighted by molar-refractivity contribution is 5.74. The number of hydrogen-bond donors (Lipinski definition) is 0. The van der Waals surface area contributed by atoms with E-state index in [0.717, 1.165) is 35.6 Å². The number of imidazole rings is 1. The molecule has 0 N–H and O–H groups in total. The number of rotatable bonds is 2. The number of aromatic nitrogens is 3. The molecule has 0 aliphatic carbocycles. The van der Waals surface area contributed by atoms with Gasteiger partial charge < -0.3 is 0 Å². The molecule has 1 aromatic carbocycles. The van der Waals surface area contributed by atoms with Gasteiger partial charge in [-0.25, -0.2) is 9.97 Å². The first-order valence-electron chi connectivity index (χ1n) is 8.35. The molecular formula is C19H22N4. The Labute approximate surface area is 136 Å². The normalized spacial score (nSPS) is 19.3. The second-order valence-electron chi connectivity index (χ2n) is 6.48. The van der Waals surface area contributed by atoms with Crippen molar-refractivity contribution in [3.8, 4) is 5.69 Å². The summed E-state index contributed by atoms with van der Waals surface area (Å²) < 4.78 is 2.24. The number of nitrogens with zero attached hydrogens (tertiary/aromatic N) is 4. The molecule has 1 aliphatic rings. The average Bonchev–Trinajstić information content (AvgIpc) is 2.95. The fourth-order valence-corrected chi connectivity index (χ4v) is 3.50. The maximum atomic E-state index is 4.94. The number of likely N-dealkylation sites (tertiary alicyclic amines) is 1. The summed E-state index contributed by atoms with van der Waals surface area (Å²) in [6, 6.07) is 13.0. The van der Waals surface area contributed by atoms with Gasteiger partial charge in [0.2, 0.25) is 0 Å². The van der Waals surface area contributed by atoms with Gasteiger partial charge in [0.15, 0.2) is 5.65 Å². The van der Waals surface area contributed by atoms with Crippen LogP contribution in [0, 0.1) is 6.92 Å². The van der Waals surface area contributed by atoms with Crippen molar-refractivity contribution in [2.45, 2.75) is 32.2 Å². The minimum Gasteiger partial charge on any atom is -0.297 e. The van der Waals surface area contributed by atoms with Crippen LogP contribution in [-0.2, 0) is 0 Å². The zero-order valence-electron chi connectivity index (χ0n) is 13.7. The summed E-state index contributed by atoms with van der Waals surface area (Å²) in [6.07, 6.45) is 5.55. The first-order valence-corrected chi connectivity index (χ1v) is 8.35. The van der Waals surface area contributed by atoms with E-state index in [1.165, 1.54) is 18.4 Å². The molecule has 0 spiro atoms. The molecule has 4 rings (SSSR count). The molecule has 2 aromatic heterocycles. The van der Waals surface area contributed by atoms with Gasteiger partial charge in [0.25, 0.3) is 0 Å². The number of benzene rings is 1. The molecule has 1 atom stereocenters. The Hall–Kier alpha value is -2.20. The molecule has 3 aromatic rings. The van der Waals surface area contributed by atoms with Crippen LogP contribution in [0.3, 0.4) is 0 Å². The lowest BCUT2D eigenvalue weighted by atomic mass is 10.0. The van der Waals surface area contributed by atoms with Gasteiger partial charge in [-0.1, -0.05) is 24.1 Å².